The van der Waals surface area contributed by atoms with Crippen LogP contribution >= 0.6 is 11.6 Å². The van der Waals surface area contributed by atoms with Crippen LogP contribution in [0.1, 0.15) is 23.6 Å². The first-order valence-electron chi connectivity index (χ1n) is 9.71. The summed E-state index contributed by atoms with van der Waals surface area (Å²) in [6.45, 7) is 0. The molecule has 0 spiro atoms. The molecule has 1 aliphatic heterocycles. The molecule has 10 heteroatoms. The zero-order valence-corrected chi connectivity index (χ0v) is 18.4. The Morgan fingerprint density at radius 2 is 1.88 bits per heavy atom. The minimum Gasteiger partial charge on any atom is -0.493 e. The molecule has 1 unspecified atom stereocenters. The summed E-state index contributed by atoms with van der Waals surface area (Å²) in [5.41, 5.74) is -0.00196. The molecule has 1 aliphatic rings. The number of hydrazone groups is 1. The third-order valence-electron chi connectivity index (χ3n) is 5.35. The largest absolute Gasteiger partial charge is 0.493 e. The minimum atomic E-state index is -0.776. The standard InChI is InChI=1S/C22H21ClN4O5/c1-26-16(12-7-8-17(31-2)18(9-12)32-3)11-15(25-26)19-20(28)24-22(30)27(21(19)29)14-6-4-5-13(23)10-14/h4-10,16,29H,11H2,1-3H3,(H,24,28,30). The summed E-state index contributed by atoms with van der Waals surface area (Å²) in [5.74, 6) is 0.670. The maximum absolute atomic E-state index is 12.6. The average Bonchev–Trinajstić information content (AvgIpc) is 3.13. The third-order valence-corrected chi connectivity index (χ3v) is 5.58. The summed E-state index contributed by atoms with van der Waals surface area (Å²) in [5, 5.41) is 17.5. The Hall–Kier alpha value is -3.72. The van der Waals surface area contributed by atoms with Gasteiger partial charge in [-0.3, -0.25) is 14.8 Å². The lowest BCUT2D eigenvalue weighted by Gasteiger charge is -2.20. The molecule has 0 amide bonds. The molecule has 3 aromatic rings. The van der Waals surface area contributed by atoms with Gasteiger partial charge in [0, 0.05) is 18.5 Å². The number of H-pyrrole nitrogens is 1. The number of halogens is 1. The number of methoxy groups -OCH3 is 2. The second kappa shape index (κ2) is 8.43. The van der Waals surface area contributed by atoms with Gasteiger partial charge in [0.15, 0.2) is 11.5 Å². The molecule has 2 N–H and O–H groups in total. The van der Waals surface area contributed by atoms with Crippen molar-refractivity contribution in [2.24, 2.45) is 5.10 Å². The number of rotatable bonds is 5. The number of nitrogens with one attached hydrogen (secondary N) is 1. The van der Waals surface area contributed by atoms with E-state index >= 15 is 0 Å². The molecular weight excluding hydrogens is 436 g/mol. The summed E-state index contributed by atoms with van der Waals surface area (Å²) in [4.78, 5) is 27.3. The highest BCUT2D eigenvalue weighted by molar-refractivity contribution is 6.30. The van der Waals surface area contributed by atoms with Crippen molar-refractivity contribution in [1.29, 1.82) is 0 Å². The quantitative estimate of drug-likeness (QED) is 0.611. The van der Waals surface area contributed by atoms with Gasteiger partial charge in [-0.2, -0.15) is 5.10 Å². The normalized spacial score (nSPS) is 15.6. The Labute approximate surface area is 188 Å². The van der Waals surface area contributed by atoms with Crippen molar-refractivity contribution in [2.45, 2.75) is 12.5 Å². The zero-order valence-electron chi connectivity index (χ0n) is 17.6. The van der Waals surface area contributed by atoms with E-state index in [1.807, 2.05) is 12.1 Å². The van der Waals surface area contributed by atoms with Gasteiger partial charge in [0.1, 0.15) is 5.56 Å². The van der Waals surface area contributed by atoms with Crippen LogP contribution in [0.3, 0.4) is 0 Å². The molecule has 1 aromatic heterocycles. The summed E-state index contributed by atoms with van der Waals surface area (Å²) < 4.78 is 11.7. The number of hydrogen-bond donors (Lipinski definition) is 2. The predicted octanol–water partition coefficient (Wildman–Crippen LogP) is 2.68. The van der Waals surface area contributed by atoms with Crippen LogP contribution in [0, 0.1) is 0 Å². The van der Waals surface area contributed by atoms with Crippen LogP contribution in [0.4, 0.5) is 0 Å². The molecule has 0 fully saturated rings. The number of aromatic hydroxyl groups is 1. The molecule has 166 valence electrons. The fourth-order valence-corrected chi connectivity index (χ4v) is 3.99. The second-order valence-corrected chi connectivity index (χ2v) is 7.66. The molecule has 32 heavy (non-hydrogen) atoms. The topological polar surface area (TPSA) is 109 Å². The molecule has 0 bridgehead atoms. The summed E-state index contributed by atoms with van der Waals surface area (Å²) in [6, 6.07) is 11.7. The van der Waals surface area contributed by atoms with Crippen LogP contribution in [0.15, 0.2) is 57.2 Å². The van der Waals surface area contributed by atoms with Crippen molar-refractivity contribution < 1.29 is 14.6 Å². The smallest absolute Gasteiger partial charge is 0.335 e. The minimum absolute atomic E-state index is 0.0700. The summed E-state index contributed by atoms with van der Waals surface area (Å²) >= 11 is 6.03. The highest BCUT2D eigenvalue weighted by Crippen LogP contribution is 2.37. The van der Waals surface area contributed by atoms with E-state index in [-0.39, 0.29) is 11.6 Å². The Balaban J connectivity index is 1.76. The van der Waals surface area contributed by atoms with Gasteiger partial charge in [-0.15, -0.1) is 0 Å². The van der Waals surface area contributed by atoms with Gasteiger partial charge in [0.25, 0.3) is 5.56 Å². The van der Waals surface area contributed by atoms with E-state index in [1.54, 1.807) is 50.5 Å². The lowest BCUT2D eigenvalue weighted by Crippen LogP contribution is -2.33. The molecule has 2 aromatic carbocycles. The lowest BCUT2D eigenvalue weighted by atomic mass is 9.99. The van der Waals surface area contributed by atoms with E-state index < -0.39 is 17.1 Å². The third kappa shape index (κ3) is 3.71. The number of ether oxygens (including phenoxy) is 2. The molecule has 0 radical (unpaired) electrons. The number of aromatic amines is 1. The van der Waals surface area contributed by atoms with E-state index in [4.69, 9.17) is 21.1 Å². The molecular formula is C22H21ClN4O5. The van der Waals surface area contributed by atoms with Gasteiger partial charge in [-0.1, -0.05) is 23.7 Å². The Morgan fingerprint density at radius 3 is 2.56 bits per heavy atom. The van der Waals surface area contributed by atoms with Crippen molar-refractivity contribution in [1.82, 2.24) is 14.6 Å². The van der Waals surface area contributed by atoms with Crippen molar-refractivity contribution >= 4 is 17.3 Å². The zero-order chi connectivity index (χ0) is 23.0. The first kappa shape index (κ1) is 21.5. The number of hydrogen-bond acceptors (Lipinski definition) is 7. The number of benzene rings is 2. The number of aromatic nitrogens is 2. The Bertz CT molecular complexity index is 1330. The molecule has 4 rings (SSSR count). The van der Waals surface area contributed by atoms with Gasteiger partial charge in [0.05, 0.1) is 31.7 Å². The summed E-state index contributed by atoms with van der Waals surface area (Å²) in [7, 11) is 4.88. The maximum Gasteiger partial charge on any atom is 0.335 e. The van der Waals surface area contributed by atoms with Crippen LogP contribution in [-0.4, -0.2) is 46.6 Å². The fraction of sp³-hybridized carbons (Fsp3) is 0.227. The van der Waals surface area contributed by atoms with Crippen molar-refractivity contribution in [3.05, 3.63) is 79.5 Å². The fourth-order valence-electron chi connectivity index (χ4n) is 3.80. The van der Waals surface area contributed by atoms with Gasteiger partial charge in [-0.05, 0) is 35.9 Å². The van der Waals surface area contributed by atoms with E-state index in [9.17, 15) is 14.7 Å². The van der Waals surface area contributed by atoms with E-state index in [2.05, 4.69) is 10.1 Å². The monoisotopic (exact) mass is 456 g/mol. The first-order valence-corrected chi connectivity index (χ1v) is 10.1. The molecule has 0 aliphatic carbocycles. The van der Waals surface area contributed by atoms with Crippen molar-refractivity contribution in [3.8, 4) is 23.1 Å². The van der Waals surface area contributed by atoms with Crippen LogP contribution in [-0.2, 0) is 0 Å². The maximum atomic E-state index is 12.6. The van der Waals surface area contributed by atoms with Crippen LogP contribution in [0.25, 0.3) is 5.69 Å². The highest BCUT2D eigenvalue weighted by Gasteiger charge is 2.31. The number of nitrogens with zero attached hydrogens (tertiary/aromatic N) is 3. The van der Waals surface area contributed by atoms with Gasteiger partial charge in [-0.25, -0.2) is 9.36 Å². The predicted molar refractivity (Wildman–Crippen MR) is 121 cm³/mol. The molecule has 9 nitrogen and oxygen atoms in total. The van der Waals surface area contributed by atoms with E-state index in [0.717, 1.165) is 10.1 Å². The molecule has 1 atom stereocenters. The van der Waals surface area contributed by atoms with Gasteiger partial charge < -0.3 is 14.6 Å². The van der Waals surface area contributed by atoms with Crippen molar-refractivity contribution in [2.75, 3.05) is 21.3 Å². The Morgan fingerprint density at radius 1 is 1.12 bits per heavy atom. The molecule has 0 saturated carbocycles. The average molecular weight is 457 g/mol. The SMILES string of the molecule is COc1ccc(C2CC(c3c(O)n(-c4cccc(Cl)c4)c(=O)[nH]c3=O)=NN2C)cc1OC. The Kier molecular flexibility index (Phi) is 5.67. The summed E-state index contributed by atoms with van der Waals surface area (Å²) in [6.07, 6.45) is 0.330. The highest BCUT2D eigenvalue weighted by atomic mass is 35.5. The van der Waals surface area contributed by atoms with Crippen LogP contribution in [0.5, 0.6) is 17.4 Å². The van der Waals surface area contributed by atoms with Crippen LogP contribution < -0.4 is 20.7 Å². The first-order chi connectivity index (χ1) is 15.3. The molecule has 0 saturated heterocycles. The van der Waals surface area contributed by atoms with Gasteiger partial charge >= 0.3 is 5.69 Å². The van der Waals surface area contributed by atoms with E-state index in [1.165, 1.54) is 6.07 Å². The van der Waals surface area contributed by atoms with Crippen LogP contribution in [0.2, 0.25) is 5.02 Å². The second-order valence-electron chi connectivity index (χ2n) is 7.23. The van der Waals surface area contributed by atoms with E-state index in [0.29, 0.717) is 34.3 Å². The van der Waals surface area contributed by atoms with Gasteiger partial charge in [0.2, 0.25) is 5.88 Å². The molecule has 2 heterocycles. The lowest BCUT2D eigenvalue weighted by molar-refractivity contribution is 0.288. The van der Waals surface area contributed by atoms with Crippen molar-refractivity contribution in [3.63, 3.8) is 0 Å².